The molecule has 9 heteroatoms. The first-order valence-corrected chi connectivity index (χ1v) is 7.77. The number of ether oxygens (including phenoxy) is 2. The van der Waals surface area contributed by atoms with Crippen LogP contribution in [-0.4, -0.2) is 30.6 Å². The summed E-state index contributed by atoms with van der Waals surface area (Å²) in [5, 5.41) is 4.72. The first-order chi connectivity index (χ1) is 10.6. The van der Waals surface area contributed by atoms with Gasteiger partial charge >= 0.3 is 0 Å². The number of nitrogens with zero attached hydrogens (tertiary/aromatic N) is 1. The molecule has 134 valence electrons. The van der Waals surface area contributed by atoms with Crippen LogP contribution >= 0.6 is 36.2 Å². The summed E-state index contributed by atoms with van der Waals surface area (Å²) in [4.78, 5) is 16.2. The van der Waals surface area contributed by atoms with E-state index in [1.807, 2.05) is 12.3 Å². The second-order valence-corrected chi connectivity index (χ2v) is 5.46. The van der Waals surface area contributed by atoms with Crippen LogP contribution in [0.2, 0.25) is 0 Å². The normalized spacial score (nSPS) is 10.8. The summed E-state index contributed by atoms with van der Waals surface area (Å²) in [5.74, 6) is 0.879. The molecule has 3 N–H and O–H groups in total. The highest BCUT2D eigenvalue weighted by atomic mass is 35.5. The van der Waals surface area contributed by atoms with E-state index >= 15 is 0 Å². The van der Waals surface area contributed by atoms with Gasteiger partial charge in [-0.2, -0.15) is 0 Å². The molecular formula is C15H21Cl2N3O3S. The Balaban J connectivity index is 0.00000264. The number of methoxy groups -OCH3 is 1. The lowest BCUT2D eigenvalue weighted by molar-refractivity contribution is 0.0941. The van der Waals surface area contributed by atoms with Crippen LogP contribution < -0.4 is 20.5 Å². The SMILES string of the molecule is COc1cc(C(=O)N[C@@H](C)CN)ccc1OCc1cscn1.Cl.Cl. The van der Waals surface area contributed by atoms with E-state index in [1.165, 1.54) is 18.4 Å². The number of hydrogen-bond donors (Lipinski definition) is 2. The summed E-state index contributed by atoms with van der Waals surface area (Å²) >= 11 is 1.51. The van der Waals surface area contributed by atoms with Gasteiger partial charge in [0, 0.05) is 23.5 Å². The summed E-state index contributed by atoms with van der Waals surface area (Å²) in [5.41, 5.74) is 8.60. The summed E-state index contributed by atoms with van der Waals surface area (Å²) in [6.07, 6.45) is 0. The third-order valence-corrected chi connectivity index (χ3v) is 3.65. The second kappa shape index (κ2) is 11.1. The van der Waals surface area contributed by atoms with Gasteiger partial charge in [-0.3, -0.25) is 4.79 Å². The quantitative estimate of drug-likeness (QED) is 0.754. The number of amides is 1. The summed E-state index contributed by atoms with van der Waals surface area (Å²) in [6.45, 7) is 2.59. The molecule has 0 aliphatic heterocycles. The molecule has 0 aliphatic carbocycles. The number of halogens is 2. The predicted octanol–water partition coefficient (Wildman–Crippen LogP) is 2.65. The van der Waals surface area contributed by atoms with Gasteiger partial charge in [-0.1, -0.05) is 0 Å². The molecule has 2 aromatic rings. The van der Waals surface area contributed by atoms with E-state index in [0.717, 1.165) is 5.69 Å². The van der Waals surface area contributed by atoms with Crippen LogP contribution in [0, 0.1) is 0 Å². The van der Waals surface area contributed by atoms with Crippen LogP contribution in [0.1, 0.15) is 23.0 Å². The topological polar surface area (TPSA) is 86.5 Å². The van der Waals surface area contributed by atoms with Crippen molar-refractivity contribution in [1.82, 2.24) is 10.3 Å². The minimum Gasteiger partial charge on any atom is -0.493 e. The van der Waals surface area contributed by atoms with Gasteiger partial charge in [0.05, 0.1) is 18.3 Å². The molecule has 1 heterocycles. The number of thiazole rings is 1. The maximum atomic E-state index is 12.1. The van der Waals surface area contributed by atoms with Crippen molar-refractivity contribution in [2.75, 3.05) is 13.7 Å². The molecule has 1 amide bonds. The van der Waals surface area contributed by atoms with E-state index in [0.29, 0.717) is 30.2 Å². The van der Waals surface area contributed by atoms with E-state index in [1.54, 1.807) is 23.7 Å². The van der Waals surface area contributed by atoms with Crippen molar-refractivity contribution in [3.05, 3.63) is 40.3 Å². The number of carbonyl (C=O) groups is 1. The van der Waals surface area contributed by atoms with Crippen LogP contribution in [0.5, 0.6) is 11.5 Å². The molecule has 1 aromatic heterocycles. The Labute approximate surface area is 157 Å². The first kappa shape index (κ1) is 22.5. The molecule has 0 radical (unpaired) electrons. The lowest BCUT2D eigenvalue weighted by atomic mass is 10.1. The zero-order chi connectivity index (χ0) is 15.9. The fraction of sp³-hybridized carbons (Fsp3) is 0.333. The van der Waals surface area contributed by atoms with Gasteiger partial charge in [0.15, 0.2) is 11.5 Å². The van der Waals surface area contributed by atoms with E-state index in [-0.39, 0.29) is 36.8 Å². The summed E-state index contributed by atoms with van der Waals surface area (Å²) in [6, 6.07) is 4.97. The first-order valence-electron chi connectivity index (χ1n) is 6.83. The van der Waals surface area contributed by atoms with Gasteiger partial charge in [-0.15, -0.1) is 36.2 Å². The highest BCUT2D eigenvalue weighted by molar-refractivity contribution is 7.07. The maximum absolute atomic E-state index is 12.1. The number of nitrogens with one attached hydrogen (secondary N) is 1. The highest BCUT2D eigenvalue weighted by Gasteiger charge is 2.13. The fourth-order valence-electron chi connectivity index (χ4n) is 1.75. The highest BCUT2D eigenvalue weighted by Crippen LogP contribution is 2.28. The Kier molecular flexibility index (Phi) is 10.4. The Bertz CT molecular complexity index is 626. The van der Waals surface area contributed by atoms with E-state index in [9.17, 15) is 4.79 Å². The van der Waals surface area contributed by atoms with Crippen molar-refractivity contribution in [3.63, 3.8) is 0 Å². The van der Waals surface area contributed by atoms with Crippen molar-refractivity contribution >= 4 is 42.1 Å². The number of benzene rings is 1. The summed E-state index contributed by atoms with van der Waals surface area (Å²) in [7, 11) is 1.54. The third-order valence-electron chi connectivity index (χ3n) is 3.02. The molecule has 0 saturated heterocycles. The minimum absolute atomic E-state index is 0. The van der Waals surface area contributed by atoms with Gasteiger partial charge < -0.3 is 20.5 Å². The lowest BCUT2D eigenvalue weighted by Gasteiger charge is -2.14. The molecule has 0 fully saturated rings. The second-order valence-electron chi connectivity index (χ2n) is 4.74. The number of aromatic nitrogens is 1. The Hall–Kier alpha value is -1.54. The number of carbonyl (C=O) groups excluding carboxylic acids is 1. The van der Waals surface area contributed by atoms with E-state index in [4.69, 9.17) is 15.2 Å². The standard InChI is InChI=1S/C15H19N3O3S.2ClH/c1-10(6-16)18-15(19)11-3-4-13(14(5-11)20-2)21-7-12-8-22-9-17-12;;/h3-5,8-10H,6-7,16H2,1-2H3,(H,18,19);2*1H/t10-;;/m0../s1. The smallest absolute Gasteiger partial charge is 0.251 e. The number of rotatable bonds is 7. The van der Waals surface area contributed by atoms with Crippen molar-refractivity contribution in [2.45, 2.75) is 19.6 Å². The molecule has 24 heavy (non-hydrogen) atoms. The third kappa shape index (κ3) is 6.16. The van der Waals surface area contributed by atoms with Crippen molar-refractivity contribution in [3.8, 4) is 11.5 Å². The minimum atomic E-state index is -0.192. The maximum Gasteiger partial charge on any atom is 0.251 e. The fourth-order valence-corrected chi connectivity index (χ4v) is 2.30. The van der Waals surface area contributed by atoms with Gasteiger partial charge in [-0.05, 0) is 25.1 Å². The lowest BCUT2D eigenvalue weighted by Crippen LogP contribution is -2.37. The summed E-state index contributed by atoms with van der Waals surface area (Å²) < 4.78 is 11.0. The van der Waals surface area contributed by atoms with Crippen LogP contribution in [0.4, 0.5) is 0 Å². The molecular weight excluding hydrogens is 373 g/mol. The van der Waals surface area contributed by atoms with Crippen LogP contribution in [0.3, 0.4) is 0 Å². The average Bonchev–Trinajstić information content (AvgIpc) is 3.05. The Morgan fingerprint density at radius 1 is 1.38 bits per heavy atom. The van der Waals surface area contributed by atoms with Gasteiger partial charge in [0.2, 0.25) is 0 Å². The van der Waals surface area contributed by atoms with Crippen LogP contribution in [0.25, 0.3) is 0 Å². The molecule has 0 saturated carbocycles. The van der Waals surface area contributed by atoms with Gasteiger partial charge in [-0.25, -0.2) is 4.98 Å². The van der Waals surface area contributed by atoms with Crippen molar-refractivity contribution in [1.29, 1.82) is 0 Å². The van der Waals surface area contributed by atoms with Crippen molar-refractivity contribution in [2.24, 2.45) is 5.73 Å². The molecule has 0 unspecified atom stereocenters. The Morgan fingerprint density at radius 3 is 2.71 bits per heavy atom. The molecule has 1 atom stereocenters. The van der Waals surface area contributed by atoms with Gasteiger partial charge in [0.1, 0.15) is 6.61 Å². The molecule has 2 rings (SSSR count). The predicted molar refractivity (Wildman–Crippen MR) is 99.9 cm³/mol. The molecule has 0 spiro atoms. The zero-order valence-electron chi connectivity index (χ0n) is 13.4. The molecule has 0 bridgehead atoms. The molecule has 0 aliphatic rings. The van der Waals surface area contributed by atoms with Crippen LogP contribution in [0.15, 0.2) is 29.1 Å². The molecule has 6 nitrogen and oxygen atoms in total. The van der Waals surface area contributed by atoms with Crippen LogP contribution in [-0.2, 0) is 6.61 Å². The van der Waals surface area contributed by atoms with E-state index in [2.05, 4.69) is 10.3 Å². The van der Waals surface area contributed by atoms with E-state index < -0.39 is 0 Å². The number of hydrogen-bond acceptors (Lipinski definition) is 6. The number of nitrogens with two attached hydrogens (primary N) is 1. The molecule has 1 aromatic carbocycles. The average molecular weight is 394 g/mol. The zero-order valence-corrected chi connectivity index (χ0v) is 15.8. The Morgan fingerprint density at radius 2 is 2.12 bits per heavy atom. The van der Waals surface area contributed by atoms with Crippen molar-refractivity contribution < 1.29 is 14.3 Å². The largest absolute Gasteiger partial charge is 0.493 e. The monoisotopic (exact) mass is 393 g/mol. The van der Waals surface area contributed by atoms with Gasteiger partial charge in [0.25, 0.3) is 5.91 Å².